The molecule has 88 valence electrons. The summed E-state index contributed by atoms with van der Waals surface area (Å²) in [7, 11) is 0. The number of hydrogen-bond acceptors (Lipinski definition) is 3. The predicted molar refractivity (Wildman–Crippen MR) is 72.7 cm³/mol. The minimum Gasteiger partial charge on any atom is -0.506 e. The van der Waals surface area contributed by atoms with Crippen LogP contribution in [0.15, 0.2) is 31.4 Å². The summed E-state index contributed by atoms with van der Waals surface area (Å²) >= 11 is 0. The van der Waals surface area contributed by atoms with Gasteiger partial charge in [0.2, 0.25) is 0 Å². The van der Waals surface area contributed by atoms with Crippen molar-refractivity contribution >= 4 is 23.2 Å². The zero-order valence-corrected chi connectivity index (χ0v) is 10.1. The highest BCUT2D eigenvalue weighted by atomic mass is 16.3. The number of aromatic nitrogens is 2. The first kappa shape index (κ1) is 12.9. The van der Waals surface area contributed by atoms with Crippen molar-refractivity contribution in [2.45, 2.75) is 13.8 Å². The molecular weight excluding hydrogens is 212 g/mol. The fourth-order valence-corrected chi connectivity index (χ4v) is 1.39. The Morgan fingerprint density at radius 1 is 1.06 bits per heavy atom. The molecule has 0 unspecified atom stereocenters. The van der Waals surface area contributed by atoms with E-state index in [-0.39, 0.29) is 5.75 Å². The third-order valence-corrected chi connectivity index (χ3v) is 2.12. The van der Waals surface area contributed by atoms with Gasteiger partial charge in [-0.25, -0.2) is 9.97 Å². The summed E-state index contributed by atoms with van der Waals surface area (Å²) < 4.78 is 0. The van der Waals surface area contributed by atoms with Gasteiger partial charge in [-0.15, -0.1) is 0 Å². The first-order valence-corrected chi connectivity index (χ1v) is 5.51. The molecule has 0 aliphatic carbocycles. The molecule has 0 radical (unpaired) electrons. The van der Waals surface area contributed by atoms with Crippen LogP contribution in [0.2, 0.25) is 0 Å². The number of fused-ring (bicyclic) bond motifs is 1. The Morgan fingerprint density at radius 3 is 2.24 bits per heavy atom. The third-order valence-electron chi connectivity index (χ3n) is 2.12. The molecule has 0 amide bonds. The van der Waals surface area contributed by atoms with E-state index in [4.69, 9.17) is 0 Å². The molecular formula is C14H16N2O. The molecule has 3 nitrogen and oxygen atoms in total. The van der Waals surface area contributed by atoms with Gasteiger partial charge in [-0.1, -0.05) is 33.1 Å². The number of rotatable bonds is 2. The van der Waals surface area contributed by atoms with Crippen LogP contribution >= 0.6 is 0 Å². The second-order valence-corrected chi connectivity index (χ2v) is 3.05. The Hall–Kier alpha value is -2.16. The van der Waals surface area contributed by atoms with Crippen molar-refractivity contribution in [2.24, 2.45) is 0 Å². The molecule has 0 saturated heterocycles. The van der Waals surface area contributed by atoms with Crippen molar-refractivity contribution in [3.63, 3.8) is 0 Å². The lowest BCUT2D eigenvalue weighted by atomic mass is 10.2. The molecule has 3 heteroatoms. The fourth-order valence-electron chi connectivity index (χ4n) is 1.39. The minimum atomic E-state index is 0.124. The standard InChI is InChI=1S/C12H10N2O.C2H6/c1-3-8-9(4-2)14-12-10(13-8)6-5-7-11(12)15;1-2/h3-7,15H,1-2H2;1-2H3. The number of phenols is 1. The van der Waals surface area contributed by atoms with E-state index in [2.05, 4.69) is 23.1 Å². The lowest BCUT2D eigenvalue weighted by molar-refractivity contribution is 0.480. The van der Waals surface area contributed by atoms with E-state index in [1.165, 1.54) is 0 Å². The Labute approximate surface area is 101 Å². The highest BCUT2D eigenvalue weighted by Gasteiger charge is 2.06. The maximum atomic E-state index is 9.59. The Kier molecular flexibility index (Phi) is 4.40. The number of para-hydroxylation sites is 1. The van der Waals surface area contributed by atoms with Crippen molar-refractivity contribution in [2.75, 3.05) is 0 Å². The molecule has 0 fully saturated rings. The van der Waals surface area contributed by atoms with E-state index in [1.54, 1.807) is 30.4 Å². The van der Waals surface area contributed by atoms with E-state index >= 15 is 0 Å². The third kappa shape index (κ3) is 2.50. The molecule has 0 saturated carbocycles. The normalized spacial score (nSPS) is 9.29. The molecule has 0 spiro atoms. The number of nitrogens with zero attached hydrogens (tertiary/aromatic N) is 2. The lowest BCUT2D eigenvalue weighted by Crippen LogP contribution is -1.93. The van der Waals surface area contributed by atoms with Crippen LogP contribution in [0, 0.1) is 0 Å². The highest BCUT2D eigenvalue weighted by molar-refractivity contribution is 5.82. The maximum absolute atomic E-state index is 9.59. The molecule has 0 aliphatic rings. The monoisotopic (exact) mass is 228 g/mol. The molecule has 1 aromatic heterocycles. The lowest BCUT2D eigenvalue weighted by Gasteiger charge is -2.03. The van der Waals surface area contributed by atoms with Crippen molar-refractivity contribution in [1.29, 1.82) is 0 Å². The van der Waals surface area contributed by atoms with Crippen LogP contribution in [0.25, 0.3) is 23.2 Å². The van der Waals surface area contributed by atoms with Gasteiger partial charge < -0.3 is 5.11 Å². The SMILES string of the molecule is C=Cc1nc2cccc(O)c2nc1C=C.CC. The van der Waals surface area contributed by atoms with E-state index in [0.717, 1.165) is 0 Å². The van der Waals surface area contributed by atoms with E-state index in [1.807, 2.05) is 13.8 Å². The molecule has 2 aromatic rings. The second-order valence-electron chi connectivity index (χ2n) is 3.05. The minimum absolute atomic E-state index is 0.124. The summed E-state index contributed by atoms with van der Waals surface area (Å²) in [6.45, 7) is 11.3. The number of benzene rings is 1. The van der Waals surface area contributed by atoms with Crippen molar-refractivity contribution in [3.05, 3.63) is 42.7 Å². The molecule has 0 bridgehead atoms. The van der Waals surface area contributed by atoms with E-state index < -0.39 is 0 Å². The zero-order valence-electron chi connectivity index (χ0n) is 10.1. The van der Waals surface area contributed by atoms with Crippen LogP contribution in [0.5, 0.6) is 5.75 Å². The Morgan fingerprint density at radius 2 is 1.65 bits per heavy atom. The van der Waals surface area contributed by atoms with Gasteiger partial charge in [0, 0.05) is 0 Å². The summed E-state index contributed by atoms with van der Waals surface area (Å²) in [5, 5.41) is 9.59. The first-order valence-electron chi connectivity index (χ1n) is 5.51. The van der Waals surface area contributed by atoms with Crippen LogP contribution < -0.4 is 0 Å². The average molecular weight is 228 g/mol. The summed E-state index contributed by atoms with van der Waals surface area (Å²) in [4.78, 5) is 8.58. The quantitative estimate of drug-likeness (QED) is 0.853. The van der Waals surface area contributed by atoms with Crippen LogP contribution in [0.1, 0.15) is 25.2 Å². The highest BCUT2D eigenvalue weighted by Crippen LogP contribution is 2.22. The predicted octanol–water partition coefficient (Wildman–Crippen LogP) is 3.65. The van der Waals surface area contributed by atoms with E-state index in [0.29, 0.717) is 22.4 Å². The Balaban J connectivity index is 0.000000686. The molecule has 1 heterocycles. The van der Waals surface area contributed by atoms with Gasteiger partial charge in [0.25, 0.3) is 0 Å². The van der Waals surface area contributed by atoms with Gasteiger partial charge in [0.05, 0.1) is 16.9 Å². The van der Waals surface area contributed by atoms with Crippen molar-refractivity contribution in [1.82, 2.24) is 9.97 Å². The summed E-state index contributed by atoms with van der Waals surface area (Å²) in [5.74, 6) is 0.124. The zero-order chi connectivity index (χ0) is 12.8. The van der Waals surface area contributed by atoms with Gasteiger partial charge in [0.15, 0.2) is 0 Å². The molecule has 17 heavy (non-hydrogen) atoms. The molecule has 0 atom stereocenters. The first-order chi connectivity index (χ1) is 8.26. The molecule has 1 aromatic carbocycles. The van der Waals surface area contributed by atoms with Crippen molar-refractivity contribution < 1.29 is 5.11 Å². The van der Waals surface area contributed by atoms with Crippen LogP contribution in [0.4, 0.5) is 0 Å². The Bertz CT molecular complexity index is 547. The van der Waals surface area contributed by atoms with Crippen molar-refractivity contribution in [3.8, 4) is 5.75 Å². The summed E-state index contributed by atoms with van der Waals surface area (Å²) in [6, 6.07) is 5.10. The van der Waals surface area contributed by atoms with Gasteiger partial charge in [-0.2, -0.15) is 0 Å². The largest absolute Gasteiger partial charge is 0.506 e. The number of phenolic OH excluding ortho intramolecular Hbond substituents is 1. The van der Waals surface area contributed by atoms with Gasteiger partial charge in [-0.3, -0.25) is 0 Å². The van der Waals surface area contributed by atoms with Crippen LogP contribution in [0.3, 0.4) is 0 Å². The smallest absolute Gasteiger partial charge is 0.143 e. The second kappa shape index (κ2) is 5.80. The summed E-state index contributed by atoms with van der Waals surface area (Å²) in [5.41, 5.74) is 2.43. The molecule has 2 rings (SSSR count). The van der Waals surface area contributed by atoms with E-state index in [9.17, 15) is 5.11 Å². The van der Waals surface area contributed by atoms with Gasteiger partial charge >= 0.3 is 0 Å². The fraction of sp³-hybridized carbons (Fsp3) is 0.143. The van der Waals surface area contributed by atoms with Crippen LogP contribution in [-0.2, 0) is 0 Å². The summed E-state index contributed by atoms with van der Waals surface area (Å²) in [6.07, 6.45) is 3.21. The number of aromatic hydroxyl groups is 1. The van der Waals surface area contributed by atoms with Gasteiger partial charge in [-0.05, 0) is 24.3 Å². The maximum Gasteiger partial charge on any atom is 0.143 e. The average Bonchev–Trinajstić information content (AvgIpc) is 2.40. The molecule has 0 aliphatic heterocycles. The van der Waals surface area contributed by atoms with Gasteiger partial charge in [0.1, 0.15) is 11.3 Å². The topological polar surface area (TPSA) is 46.0 Å². The molecule has 1 N–H and O–H groups in total. The van der Waals surface area contributed by atoms with Crippen LogP contribution in [-0.4, -0.2) is 15.1 Å². The number of hydrogen-bond donors (Lipinski definition) is 1.